The minimum absolute atomic E-state index is 0.00670. The Balaban J connectivity index is 3.46. The number of hydrogen-bond acceptors (Lipinski definition) is 5. The highest BCUT2D eigenvalue weighted by Crippen LogP contribution is 2.17. The molecule has 0 fully saturated rings. The van der Waals surface area contributed by atoms with Gasteiger partial charge in [-0.05, 0) is 57.8 Å². The Morgan fingerprint density at radius 1 is 0.386 bits per heavy atom. The molecule has 6 nitrogen and oxygen atoms in total. The molecule has 0 heterocycles. The van der Waals surface area contributed by atoms with Crippen molar-refractivity contribution in [2.75, 3.05) is 13.2 Å². The van der Waals surface area contributed by atoms with Gasteiger partial charge in [0.25, 0.3) is 0 Å². The normalized spacial score (nSPS) is 12.7. The van der Waals surface area contributed by atoms with Gasteiger partial charge in [0.05, 0.1) is 25.4 Å². The van der Waals surface area contributed by atoms with E-state index in [0.29, 0.717) is 19.4 Å². The summed E-state index contributed by atoms with van der Waals surface area (Å²) in [6.45, 7) is 4.92. The number of carbonyl (C=O) groups is 2. The monoisotopic (exact) mass is 986 g/mol. The molecule has 0 aromatic carbocycles. The minimum Gasteiger partial charge on any atom is -0.466 e. The molecule has 0 aliphatic heterocycles. The van der Waals surface area contributed by atoms with E-state index in [1.807, 2.05) is 6.08 Å². The van der Waals surface area contributed by atoms with Crippen LogP contribution in [0.25, 0.3) is 0 Å². The second-order valence-corrected chi connectivity index (χ2v) is 21.7. The van der Waals surface area contributed by atoms with Crippen LogP contribution in [-0.4, -0.2) is 47.4 Å². The third-order valence-electron chi connectivity index (χ3n) is 14.7. The lowest BCUT2D eigenvalue weighted by atomic mass is 10.0. The first-order chi connectivity index (χ1) is 34.5. The summed E-state index contributed by atoms with van der Waals surface area (Å²) in [7, 11) is 0. The van der Waals surface area contributed by atoms with Crippen LogP contribution in [0.2, 0.25) is 0 Å². The summed E-state index contributed by atoms with van der Waals surface area (Å²) in [4.78, 5) is 24.5. The molecule has 70 heavy (non-hydrogen) atoms. The number of allylic oxidation sites excluding steroid dienone is 3. The number of ether oxygens (including phenoxy) is 1. The number of rotatable bonds is 59. The third-order valence-corrected chi connectivity index (χ3v) is 14.7. The van der Waals surface area contributed by atoms with E-state index in [1.54, 1.807) is 6.08 Å². The summed E-state index contributed by atoms with van der Waals surface area (Å²) in [5.41, 5.74) is 0. The van der Waals surface area contributed by atoms with E-state index >= 15 is 0 Å². The molecule has 6 heteroatoms. The number of unbranched alkanes of at least 4 members (excludes halogenated alkanes) is 46. The van der Waals surface area contributed by atoms with Crippen LogP contribution in [0.5, 0.6) is 0 Å². The highest BCUT2D eigenvalue weighted by molar-refractivity contribution is 5.76. The first-order valence-electron chi connectivity index (χ1n) is 31.6. The molecule has 0 saturated heterocycles. The van der Waals surface area contributed by atoms with Crippen molar-refractivity contribution in [1.82, 2.24) is 5.32 Å². The largest absolute Gasteiger partial charge is 0.466 e. The van der Waals surface area contributed by atoms with Crippen LogP contribution in [-0.2, 0) is 14.3 Å². The van der Waals surface area contributed by atoms with E-state index in [-0.39, 0.29) is 18.5 Å². The lowest BCUT2D eigenvalue weighted by Gasteiger charge is -2.20. The number of aliphatic hydroxyl groups excluding tert-OH is 2. The molecule has 0 aromatic heterocycles. The number of aliphatic hydroxyl groups is 2. The second kappa shape index (κ2) is 59.9. The van der Waals surface area contributed by atoms with Gasteiger partial charge in [0.15, 0.2) is 0 Å². The van der Waals surface area contributed by atoms with Crippen molar-refractivity contribution in [1.29, 1.82) is 0 Å². The fourth-order valence-corrected chi connectivity index (χ4v) is 9.87. The summed E-state index contributed by atoms with van der Waals surface area (Å²) in [6, 6.07) is -0.635. The highest BCUT2D eigenvalue weighted by atomic mass is 16.5. The number of esters is 1. The molecule has 2 atom stereocenters. The maximum absolute atomic E-state index is 12.5. The van der Waals surface area contributed by atoms with Crippen LogP contribution in [0.15, 0.2) is 24.3 Å². The molecule has 0 radical (unpaired) electrons. The number of amides is 1. The van der Waals surface area contributed by atoms with Gasteiger partial charge >= 0.3 is 5.97 Å². The Labute approximate surface area is 437 Å². The molecule has 0 aliphatic carbocycles. The maximum Gasteiger partial charge on any atom is 0.305 e. The number of nitrogens with one attached hydrogen (secondary N) is 1. The van der Waals surface area contributed by atoms with Gasteiger partial charge in [0, 0.05) is 12.8 Å². The summed E-state index contributed by atoms with van der Waals surface area (Å²) >= 11 is 0. The molecule has 0 aliphatic rings. The minimum atomic E-state index is -0.850. The average Bonchev–Trinajstić information content (AvgIpc) is 3.36. The van der Waals surface area contributed by atoms with Gasteiger partial charge in [-0.25, -0.2) is 0 Å². The third kappa shape index (κ3) is 55.7. The number of carbonyl (C=O) groups excluding carboxylic acids is 2. The van der Waals surface area contributed by atoms with Gasteiger partial charge in [-0.15, -0.1) is 0 Å². The van der Waals surface area contributed by atoms with Crippen LogP contribution in [0, 0.1) is 0 Å². The zero-order valence-corrected chi connectivity index (χ0v) is 47.3. The van der Waals surface area contributed by atoms with Crippen molar-refractivity contribution in [3.05, 3.63) is 24.3 Å². The van der Waals surface area contributed by atoms with Crippen molar-refractivity contribution in [2.24, 2.45) is 0 Å². The van der Waals surface area contributed by atoms with Crippen molar-refractivity contribution in [3.8, 4) is 0 Å². The zero-order chi connectivity index (χ0) is 50.7. The lowest BCUT2D eigenvalue weighted by Crippen LogP contribution is -2.45. The van der Waals surface area contributed by atoms with E-state index in [4.69, 9.17) is 4.74 Å². The smallest absolute Gasteiger partial charge is 0.305 e. The fourth-order valence-electron chi connectivity index (χ4n) is 9.87. The molecule has 0 saturated carbocycles. The fraction of sp³-hybridized carbons (Fsp3) is 0.906. The molecular formula is C64H123NO5. The van der Waals surface area contributed by atoms with Gasteiger partial charge in [-0.3, -0.25) is 9.59 Å². The molecule has 0 spiro atoms. The molecule has 414 valence electrons. The van der Waals surface area contributed by atoms with Gasteiger partial charge in [-0.1, -0.05) is 301 Å². The summed E-state index contributed by atoms with van der Waals surface area (Å²) in [5.74, 6) is -0.0667. The SMILES string of the molecule is CCCCCCCCCCCCCCCCCCCCC/C=C/C(O)C(CO)NC(=O)CCCCCCCCC/C=C\CCCCCCCCCCCOC(=O)CCCCCCCCCCCCCC. The van der Waals surface area contributed by atoms with Gasteiger partial charge in [-0.2, -0.15) is 0 Å². The standard InChI is InChI=1S/C64H123NO5/c1-3-5-7-9-11-13-15-17-18-19-20-21-24-27-30-33-36-40-44-48-52-56-62(67)61(60-66)65-63(68)57-53-49-45-41-37-34-31-28-25-22-23-26-29-32-35-39-43-47-51-55-59-70-64(69)58-54-50-46-42-38-16-14-12-10-8-6-4-2/h22,25,52,56,61-62,66-67H,3-21,23-24,26-51,53-55,57-60H2,1-2H3,(H,65,68)/b25-22-,56-52+. The molecule has 0 rings (SSSR count). The van der Waals surface area contributed by atoms with Gasteiger partial charge in [0.1, 0.15) is 0 Å². The Hall–Kier alpha value is -1.66. The average molecular weight is 987 g/mol. The van der Waals surface area contributed by atoms with Crippen LogP contribution in [0.3, 0.4) is 0 Å². The van der Waals surface area contributed by atoms with Crippen LogP contribution >= 0.6 is 0 Å². The lowest BCUT2D eigenvalue weighted by molar-refractivity contribution is -0.143. The van der Waals surface area contributed by atoms with E-state index in [0.717, 1.165) is 44.9 Å². The Bertz CT molecular complexity index is 1090. The van der Waals surface area contributed by atoms with Crippen molar-refractivity contribution in [3.63, 3.8) is 0 Å². The van der Waals surface area contributed by atoms with Crippen LogP contribution in [0.4, 0.5) is 0 Å². The quantitative estimate of drug-likeness (QED) is 0.0321. The van der Waals surface area contributed by atoms with E-state index in [2.05, 4.69) is 31.3 Å². The van der Waals surface area contributed by atoms with Crippen molar-refractivity contribution in [2.45, 2.75) is 360 Å². The first-order valence-corrected chi connectivity index (χ1v) is 31.6. The van der Waals surface area contributed by atoms with Crippen LogP contribution < -0.4 is 5.32 Å². The van der Waals surface area contributed by atoms with E-state index in [9.17, 15) is 19.8 Å². The zero-order valence-electron chi connectivity index (χ0n) is 47.3. The van der Waals surface area contributed by atoms with Gasteiger partial charge in [0.2, 0.25) is 5.91 Å². The predicted molar refractivity (Wildman–Crippen MR) is 306 cm³/mol. The van der Waals surface area contributed by atoms with Gasteiger partial charge < -0.3 is 20.3 Å². The van der Waals surface area contributed by atoms with Crippen molar-refractivity contribution >= 4 is 11.9 Å². The topological polar surface area (TPSA) is 95.9 Å². The first kappa shape index (κ1) is 68.3. The van der Waals surface area contributed by atoms with E-state index in [1.165, 1.54) is 276 Å². The molecule has 0 bridgehead atoms. The van der Waals surface area contributed by atoms with Crippen LogP contribution in [0.1, 0.15) is 348 Å². The maximum atomic E-state index is 12.5. The molecule has 1 amide bonds. The second-order valence-electron chi connectivity index (χ2n) is 21.7. The summed E-state index contributed by atoms with van der Waals surface area (Å²) in [5, 5.41) is 23.2. The van der Waals surface area contributed by atoms with E-state index < -0.39 is 12.1 Å². The molecule has 2 unspecified atom stereocenters. The number of hydrogen-bond donors (Lipinski definition) is 3. The highest BCUT2D eigenvalue weighted by Gasteiger charge is 2.18. The Morgan fingerprint density at radius 3 is 1.01 bits per heavy atom. The molecule has 0 aromatic rings. The predicted octanol–water partition coefficient (Wildman–Crippen LogP) is 19.8. The molecular weight excluding hydrogens is 863 g/mol. The Morgan fingerprint density at radius 2 is 0.671 bits per heavy atom. The molecule has 3 N–H and O–H groups in total. The van der Waals surface area contributed by atoms with Crippen molar-refractivity contribution < 1.29 is 24.5 Å². The Kier molecular flexibility index (Phi) is 58.5. The summed E-state index contributed by atoms with van der Waals surface area (Å²) in [6.07, 6.45) is 73.6. The summed E-state index contributed by atoms with van der Waals surface area (Å²) < 4.78 is 5.47.